The SMILES string of the molecule is c1ccc(-c2cc(-c3ccccc3)cc(-c3cccc(-c4cc(-c5ccccc5)cc(-c5nc(-c6cc(-c7ccccc7)cc(-c7cccc(-c8cc(-c9ccccc9)cc(-c9ccccc9)c8)c7)c6)nc(-n6c7ccncc7c7cc8c(cc76)sc6ccccc68)n5)c4)c3)c2)cc1. The third-order valence-electron chi connectivity index (χ3n) is 18.8. The van der Waals surface area contributed by atoms with Crippen molar-refractivity contribution < 1.29 is 0 Å². The van der Waals surface area contributed by atoms with E-state index in [2.05, 4.69) is 350 Å². The molecule has 14 aromatic carbocycles. The lowest BCUT2D eigenvalue weighted by Crippen LogP contribution is -2.07. The zero-order valence-electron chi connectivity index (χ0n) is 53.2. The van der Waals surface area contributed by atoms with Crippen molar-refractivity contribution in [3.8, 4) is 140 Å². The van der Waals surface area contributed by atoms with Gasteiger partial charge in [-0.15, -0.1) is 11.3 Å². The van der Waals surface area contributed by atoms with Crippen molar-refractivity contribution in [1.82, 2.24) is 24.5 Å². The fourth-order valence-corrected chi connectivity index (χ4v) is 15.1. The van der Waals surface area contributed by atoms with Crippen molar-refractivity contribution in [2.24, 2.45) is 0 Å². The van der Waals surface area contributed by atoms with E-state index >= 15 is 0 Å². The molecule has 0 amide bonds. The van der Waals surface area contributed by atoms with Gasteiger partial charge in [-0.2, -0.15) is 9.97 Å². The fraction of sp³-hybridized carbons (Fsp3) is 0. The normalized spacial score (nSPS) is 11.5. The third-order valence-corrected chi connectivity index (χ3v) is 20.0. The van der Waals surface area contributed by atoms with Crippen LogP contribution < -0.4 is 0 Å². The summed E-state index contributed by atoms with van der Waals surface area (Å²) in [5.41, 5.74) is 25.9. The third kappa shape index (κ3) is 11.1. The monoisotopic (exact) mass is 1270 g/mol. The first-order valence-electron chi connectivity index (χ1n) is 33.1. The summed E-state index contributed by atoms with van der Waals surface area (Å²) < 4.78 is 4.65. The minimum Gasteiger partial charge on any atom is -0.278 e. The van der Waals surface area contributed by atoms with Crippen molar-refractivity contribution in [3.63, 3.8) is 0 Å². The average Bonchev–Trinajstić information content (AvgIpc) is 1.64. The van der Waals surface area contributed by atoms with Gasteiger partial charge in [0.2, 0.25) is 5.95 Å². The Morgan fingerprint density at radius 3 is 0.898 bits per heavy atom. The highest BCUT2D eigenvalue weighted by Crippen LogP contribution is 2.44. The first kappa shape index (κ1) is 57.9. The zero-order chi connectivity index (χ0) is 64.9. The van der Waals surface area contributed by atoms with Crippen molar-refractivity contribution >= 4 is 53.3 Å². The van der Waals surface area contributed by atoms with E-state index in [1.807, 2.05) is 12.4 Å². The van der Waals surface area contributed by atoms with Gasteiger partial charge in [0.1, 0.15) is 0 Å². The van der Waals surface area contributed by atoms with E-state index in [0.29, 0.717) is 17.6 Å². The Kier molecular flexibility index (Phi) is 14.7. The molecule has 0 aliphatic heterocycles. The van der Waals surface area contributed by atoms with Crippen molar-refractivity contribution in [3.05, 3.63) is 358 Å². The van der Waals surface area contributed by atoms with Crippen LogP contribution in [-0.4, -0.2) is 24.5 Å². The fourth-order valence-electron chi connectivity index (χ4n) is 14.0. The van der Waals surface area contributed by atoms with Gasteiger partial charge >= 0.3 is 0 Å². The molecule has 0 bridgehead atoms. The Balaban J connectivity index is 0.849. The summed E-state index contributed by atoms with van der Waals surface area (Å²) in [4.78, 5) is 21.8. The first-order valence-corrected chi connectivity index (χ1v) is 33.9. The van der Waals surface area contributed by atoms with E-state index < -0.39 is 0 Å². The van der Waals surface area contributed by atoms with Gasteiger partial charge in [-0.1, -0.05) is 237 Å². The Hall–Kier alpha value is -12.7. The van der Waals surface area contributed by atoms with E-state index in [-0.39, 0.29) is 0 Å². The van der Waals surface area contributed by atoms with Crippen molar-refractivity contribution in [1.29, 1.82) is 0 Å². The molecule has 0 atom stereocenters. The first-order chi connectivity index (χ1) is 48.5. The number of pyridine rings is 1. The quantitative estimate of drug-likeness (QED) is 0.115. The van der Waals surface area contributed by atoms with Crippen LogP contribution in [0.4, 0.5) is 0 Å². The van der Waals surface area contributed by atoms with Gasteiger partial charge in [0.05, 0.1) is 11.0 Å². The van der Waals surface area contributed by atoms with Crippen LogP contribution in [0.1, 0.15) is 0 Å². The summed E-state index contributed by atoms with van der Waals surface area (Å²) in [6, 6.07) is 125. The van der Waals surface area contributed by atoms with Crippen LogP contribution in [0.3, 0.4) is 0 Å². The largest absolute Gasteiger partial charge is 0.278 e. The molecule has 98 heavy (non-hydrogen) atoms. The molecule has 0 N–H and O–H groups in total. The lowest BCUT2D eigenvalue weighted by atomic mass is 9.91. The maximum Gasteiger partial charge on any atom is 0.238 e. The zero-order valence-corrected chi connectivity index (χ0v) is 54.0. The molecule has 0 fully saturated rings. The molecule has 0 saturated carbocycles. The molecule has 5 nitrogen and oxygen atoms in total. The standard InChI is InChI=1S/C92H59N5S/c1-7-23-60(24-8-1)70-45-71(61-25-9-2-10-26-61)48-76(47-70)66-35-21-37-68(43-66)78-51-74(64-31-15-5-16-32-64)53-80(55-78)90-94-91(96-92(95-90)97-86-41-42-93-59-85(86)83-57-84-82-39-19-20-40-88(82)98-89(84)58-87(83)97)81-54-75(65-33-17-6-18-34-65)52-79(56-81)69-38-22-36-67(44-69)77-49-72(62-27-11-3-12-28-62)46-73(50-77)63-29-13-4-14-30-63/h1-59H. The van der Waals surface area contributed by atoms with Crippen LogP contribution >= 0.6 is 11.3 Å². The van der Waals surface area contributed by atoms with Gasteiger partial charge in [-0.25, -0.2) is 4.98 Å². The number of rotatable bonds is 13. The van der Waals surface area contributed by atoms with Gasteiger partial charge in [-0.05, 0) is 220 Å². The number of aromatic nitrogens is 5. The summed E-state index contributed by atoms with van der Waals surface area (Å²) in [5.74, 6) is 1.58. The van der Waals surface area contributed by atoms with Gasteiger partial charge in [0.25, 0.3) is 0 Å². The van der Waals surface area contributed by atoms with E-state index in [0.717, 1.165) is 122 Å². The lowest BCUT2D eigenvalue weighted by Gasteiger charge is -2.16. The minimum atomic E-state index is 0.499. The number of thiophene rings is 1. The lowest BCUT2D eigenvalue weighted by molar-refractivity contribution is 0.953. The van der Waals surface area contributed by atoms with Gasteiger partial charge < -0.3 is 0 Å². The number of benzene rings is 14. The molecule has 0 unspecified atom stereocenters. The summed E-state index contributed by atoms with van der Waals surface area (Å²) in [5, 5.41) is 4.53. The molecular weight excluding hydrogens is 1210 g/mol. The highest BCUT2D eigenvalue weighted by atomic mass is 32.1. The second-order valence-corrected chi connectivity index (χ2v) is 26.1. The molecule has 6 heteroatoms. The van der Waals surface area contributed by atoms with Crippen LogP contribution in [0.2, 0.25) is 0 Å². The average molecular weight is 1270 g/mol. The van der Waals surface area contributed by atoms with Gasteiger partial charge in [-0.3, -0.25) is 9.55 Å². The van der Waals surface area contributed by atoms with Gasteiger partial charge in [0.15, 0.2) is 11.6 Å². The molecule has 0 aliphatic rings. The van der Waals surface area contributed by atoms with E-state index in [1.54, 1.807) is 11.3 Å². The van der Waals surface area contributed by atoms with Crippen LogP contribution in [0.25, 0.3) is 182 Å². The number of fused-ring (bicyclic) bond motifs is 6. The molecule has 18 rings (SSSR count). The maximum absolute atomic E-state index is 5.70. The number of nitrogens with zero attached hydrogens (tertiary/aromatic N) is 5. The molecule has 4 heterocycles. The molecular formula is C92H59N5S. The highest BCUT2D eigenvalue weighted by Gasteiger charge is 2.23. The Bertz CT molecular complexity index is 5640. The van der Waals surface area contributed by atoms with E-state index in [1.165, 1.54) is 42.4 Å². The summed E-state index contributed by atoms with van der Waals surface area (Å²) in [6.07, 6.45) is 3.85. The topological polar surface area (TPSA) is 56.5 Å². The second kappa shape index (κ2) is 24.9. The second-order valence-electron chi connectivity index (χ2n) is 25.0. The van der Waals surface area contributed by atoms with Crippen LogP contribution in [0.15, 0.2) is 358 Å². The van der Waals surface area contributed by atoms with E-state index in [9.17, 15) is 0 Å². The van der Waals surface area contributed by atoms with Crippen LogP contribution in [0, 0.1) is 0 Å². The summed E-state index contributed by atoms with van der Waals surface area (Å²) in [7, 11) is 0. The molecule has 0 saturated heterocycles. The van der Waals surface area contributed by atoms with Gasteiger partial charge in [0, 0.05) is 54.5 Å². The number of hydrogen-bond acceptors (Lipinski definition) is 5. The Labute approximate surface area is 572 Å². The summed E-state index contributed by atoms with van der Waals surface area (Å²) in [6.45, 7) is 0. The molecule has 0 spiro atoms. The summed E-state index contributed by atoms with van der Waals surface area (Å²) >= 11 is 1.80. The van der Waals surface area contributed by atoms with E-state index in [4.69, 9.17) is 19.9 Å². The number of hydrogen-bond donors (Lipinski definition) is 0. The molecule has 0 radical (unpaired) electrons. The predicted molar refractivity (Wildman–Crippen MR) is 410 cm³/mol. The highest BCUT2D eigenvalue weighted by molar-refractivity contribution is 7.25. The maximum atomic E-state index is 5.70. The Morgan fingerprint density at radius 1 is 0.204 bits per heavy atom. The van der Waals surface area contributed by atoms with Crippen LogP contribution in [0.5, 0.6) is 0 Å². The molecule has 4 aromatic heterocycles. The predicted octanol–water partition coefficient (Wildman–Crippen LogP) is 24.7. The molecule has 458 valence electrons. The van der Waals surface area contributed by atoms with Crippen molar-refractivity contribution in [2.45, 2.75) is 0 Å². The smallest absolute Gasteiger partial charge is 0.238 e. The molecule has 0 aliphatic carbocycles. The molecule has 18 aromatic rings. The van der Waals surface area contributed by atoms with Crippen molar-refractivity contribution in [2.75, 3.05) is 0 Å². The van der Waals surface area contributed by atoms with Crippen LogP contribution in [-0.2, 0) is 0 Å². The Morgan fingerprint density at radius 2 is 0.520 bits per heavy atom. The minimum absolute atomic E-state index is 0.499.